The van der Waals surface area contributed by atoms with E-state index in [1.54, 1.807) is 0 Å². The van der Waals surface area contributed by atoms with E-state index in [0.29, 0.717) is 0 Å². The van der Waals surface area contributed by atoms with Gasteiger partial charge in [-0.3, -0.25) is 14.9 Å². The van der Waals surface area contributed by atoms with E-state index >= 15 is 0 Å². The van der Waals surface area contributed by atoms with Crippen molar-refractivity contribution < 1.29 is 124 Å². The third-order valence-corrected chi connectivity index (χ3v) is 11.5. The highest BCUT2D eigenvalue weighted by Crippen LogP contribution is 2.41. The van der Waals surface area contributed by atoms with Crippen molar-refractivity contribution in [3.8, 4) is 0 Å². The summed E-state index contributed by atoms with van der Waals surface area (Å²) in [4.78, 5) is 35.3. The maximum atomic E-state index is 12.6. The molecule has 6 fully saturated rings. The summed E-state index contributed by atoms with van der Waals surface area (Å²) in [7, 11) is 0. The molecular weight excluding hydrogens is 850 g/mol. The number of aliphatic hydroxyl groups excluding tert-OH is 13. The molecule has 6 aliphatic heterocycles. The van der Waals surface area contributed by atoms with E-state index in [9.17, 15) is 76.0 Å². The van der Waals surface area contributed by atoms with Crippen molar-refractivity contribution in [3.05, 3.63) is 0 Å². The molecule has 0 aromatic heterocycles. The van der Waals surface area contributed by atoms with Crippen LogP contribution in [0, 0.1) is 0 Å². The van der Waals surface area contributed by atoms with Crippen LogP contribution in [0.15, 0.2) is 0 Å². The van der Waals surface area contributed by atoms with Crippen molar-refractivity contribution in [2.24, 2.45) is 0 Å². The first-order chi connectivity index (χ1) is 29.3. The van der Waals surface area contributed by atoms with Gasteiger partial charge < -0.3 is 115 Å². The van der Waals surface area contributed by atoms with Crippen molar-refractivity contribution >= 4 is 11.8 Å². The Hall–Kier alpha value is -2.02. The van der Waals surface area contributed by atoms with Gasteiger partial charge in [0, 0.05) is 13.8 Å². The molecule has 0 saturated carbocycles. The van der Waals surface area contributed by atoms with E-state index in [0.717, 1.165) is 6.92 Å². The molecule has 0 aromatic carbocycles. The molecule has 0 bridgehead atoms. The van der Waals surface area contributed by atoms with E-state index in [1.807, 2.05) is 0 Å². The van der Waals surface area contributed by atoms with Crippen LogP contribution in [-0.4, -0.2) is 258 Å². The fraction of sp³-hybridized carbons (Fsp3) is 0.941. The molecule has 6 rings (SSSR count). The summed E-state index contributed by atoms with van der Waals surface area (Å²) < 4.78 is 46.1. The van der Waals surface area contributed by atoms with Crippen LogP contribution >= 0.6 is 0 Å². The van der Waals surface area contributed by atoms with Crippen LogP contribution in [0.25, 0.3) is 0 Å². The molecule has 6 saturated heterocycles. The summed E-state index contributed by atoms with van der Waals surface area (Å²) in [6.45, 7) is 0.349. The Balaban J connectivity index is 1.23. The zero-order valence-electron chi connectivity index (χ0n) is 33.4. The van der Waals surface area contributed by atoms with Gasteiger partial charge in [-0.1, -0.05) is 0 Å². The van der Waals surface area contributed by atoms with Gasteiger partial charge in [-0.05, 0) is 6.92 Å². The minimum Gasteiger partial charge on any atom is -0.394 e. The Morgan fingerprint density at radius 1 is 0.581 bits per heavy atom. The molecule has 0 radical (unpaired) electrons. The zero-order valence-corrected chi connectivity index (χ0v) is 33.4. The van der Waals surface area contributed by atoms with Crippen LogP contribution in [0.4, 0.5) is 0 Å². The summed E-state index contributed by atoms with van der Waals surface area (Å²) in [5.41, 5.74) is -1.62. The fourth-order valence-corrected chi connectivity index (χ4v) is 8.01. The third kappa shape index (κ3) is 9.89. The molecule has 0 aliphatic carbocycles. The lowest BCUT2D eigenvalue weighted by Gasteiger charge is -2.49. The van der Waals surface area contributed by atoms with Crippen LogP contribution in [0.3, 0.4) is 0 Å². The lowest BCUT2D eigenvalue weighted by molar-refractivity contribution is -0.454. The molecule has 6 aliphatic rings. The van der Waals surface area contributed by atoms with E-state index in [1.165, 1.54) is 13.8 Å². The van der Waals surface area contributed by atoms with Gasteiger partial charge in [0.2, 0.25) is 11.8 Å². The number of carbonyl (C=O) groups excluding carboxylic acids is 2. The predicted octanol–water partition coefficient (Wildman–Crippen LogP) is -10.7. The molecule has 2 amide bonds. The van der Waals surface area contributed by atoms with Crippen LogP contribution in [0.5, 0.6) is 0 Å². The number of hydrogen-bond acceptors (Lipinski definition) is 26. The van der Waals surface area contributed by atoms with E-state index in [2.05, 4.69) is 16.0 Å². The number of aliphatic hydroxyl groups is 13. The average molecular weight is 908 g/mol. The van der Waals surface area contributed by atoms with Crippen molar-refractivity contribution in [1.82, 2.24) is 16.0 Å². The lowest BCUT2D eigenvalue weighted by Crippen LogP contribution is -2.70. The quantitative estimate of drug-likeness (QED) is 0.0412. The first-order valence-corrected chi connectivity index (χ1v) is 19.8. The summed E-state index contributed by atoms with van der Waals surface area (Å²) >= 11 is 0. The van der Waals surface area contributed by atoms with Crippen LogP contribution in [0.1, 0.15) is 20.8 Å². The van der Waals surface area contributed by atoms with Crippen LogP contribution in [0.2, 0.25) is 0 Å². The molecule has 28 nitrogen and oxygen atoms in total. The Bertz CT molecular complexity index is 1510. The normalized spacial score (nSPS) is 50.6. The predicted molar refractivity (Wildman–Crippen MR) is 189 cm³/mol. The van der Waals surface area contributed by atoms with Crippen molar-refractivity contribution in [2.45, 2.75) is 174 Å². The second-order valence-corrected chi connectivity index (χ2v) is 15.9. The van der Waals surface area contributed by atoms with Gasteiger partial charge in [0.25, 0.3) is 0 Å². The second-order valence-electron chi connectivity index (χ2n) is 15.9. The Kier molecular flexibility index (Phi) is 16.1. The number of carbonyl (C=O) groups is 2. The molecule has 28 heteroatoms. The minimum atomic E-state index is -2.04. The van der Waals surface area contributed by atoms with Crippen molar-refractivity contribution in [1.29, 1.82) is 0 Å². The molecule has 62 heavy (non-hydrogen) atoms. The number of nitrogens with one attached hydrogen (secondary N) is 3. The maximum absolute atomic E-state index is 12.6. The van der Waals surface area contributed by atoms with E-state index in [-0.39, 0.29) is 0 Å². The van der Waals surface area contributed by atoms with E-state index < -0.39 is 191 Å². The van der Waals surface area contributed by atoms with Gasteiger partial charge in [0.1, 0.15) is 110 Å². The summed E-state index contributed by atoms with van der Waals surface area (Å²) in [6, 6.07) is -1.66. The Morgan fingerprint density at radius 3 is 1.81 bits per heavy atom. The number of rotatable bonds is 15. The largest absolute Gasteiger partial charge is 0.394 e. The standard InChI is InChI=1S/C34H57N3O25/c1-8-16(43)19(46)23(50)31(54-8)53-7-14-26(28(51)34(36-10(3)42)33(37-34)58-14)60-30-15(35-9(2)41)18(45)24(12(5-39)57-30)59-32-27(20(47)17(44)11(4-38)56-32)62-61-25-13(6-40)55-29(52)22(49)21(25)48/h8,11-33,37-40,43-52H,4-7H2,1-3H3,(H,35,41)(H,36,42)/t8-,11+,12+,13+,14+,15+,16+,17+,18+,19+,20-,21+,22-,23-,24+,25+,26+,27-,28-,29-,30-,31+,32-,33-,34-/m0/s1. The molecule has 25 atom stereocenters. The van der Waals surface area contributed by atoms with Gasteiger partial charge in [0.15, 0.2) is 36.9 Å². The Morgan fingerprint density at radius 2 is 1.18 bits per heavy atom. The minimum absolute atomic E-state index is 0.548. The number of hydrogen-bond donors (Lipinski definition) is 16. The molecule has 0 unspecified atom stereocenters. The van der Waals surface area contributed by atoms with Gasteiger partial charge in [-0.25, -0.2) is 9.78 Å². The van der Waals surface area contributed by atoms with Gasteiger partial charge >= 0.3 is 0 Å². The highest BCUT2D eigenvalue weighted by atomic mass is 17.2. The van der Waals surface area contributed by atoms with Crippen molar-refractivity contribution in [3.63, 3.8) is 0 Å². The maximum Gasteiger partial charge on any atom is 0.218 e. The summed E-state index contributed by atoms with van der Waals surface area (Å²) in [5.74, 6) is -1.37. The second kappa shape index (κ2) is 20.2. The number of amides is 2. The molecule has 6 heterocycles. The summed E-state index contributed by atoms with van der Waals surface area (Å²) in [6.07, 6.45) is -38.7. The fourth-order valence-electron chi connectivity index (χ4n) is 8.01. The first kappa shape index (κ1) is 49.4. The van der Waals surface area contributed by atoms with E-state index in [4.69, 9.17) is 47.7 Å². The zero-order chi connectivity index (χ0) is 45.5. The first-order valence-electron chi connectivity index (χ1n) is 19.8. The van der Waals surface area contributed by atoms with Crippen molar-refractivity contribution in [2.75, 3.05) is 26.4 Å². The molecule has 358 valence electrons. The topological polar surface area (TPSA) is 435 Å². The molecule has 0 aromatic rings. The number of ether oxygens (including phenoxy) is 8. The van der Waals surface area contributed by atoms with Gasteiger partial charge in [-0.15, -0.1) is 0 Å². The number of fused-ring (bicyclic) bond motifs is 1. The molecule has 16 N–H and O–H groups in total. The third-order valence-electron chi connectivity index (χ3n) is 11.5. The summed E-state index contributed by atoms with van der Waals surface area (Å²) in [5, 5.41) is 145. The monoisotopic (exact) mass is 907 g/mol. The molecular formula is C34H57N3O25. The lowest BCUT2D eigenvalue weighted by atomic mass is 9.94. The highest BCUT2D eigenvalue weighted by molar-refractivity contribution is 5.74. The highest BCUT2D eigenvalue weighted by Gasteiger charge is 2.69. The average Bonchev–Trinajstić information content (AvgIpc) is 3.94. The molecule has 0 spiro atoms. The Labute approximate surface area is 351 Å². The van der Waals surface area contributed by atoms with Crippen LogP contribution in [-0.2, 0) is 57.3 Å². The van der Waals surface area contributed by atoms with Crippen LogP contribution < -0.4 is 16.0 Å². The van der Waals surface area contributed by atoms with Gasteiger partial charge in [-0.2, -0.15) is 0 Å². The SMILES string of the molecule is CC(=O)N[C@H]1[C@H](O[C@@H]2[C@@H](CO[C@@H]3O[C@@H](C)[C@@H](O)[C@@H](O)[C@@H]3O)O[C@@H]3N[C@@]3(NC(C)=O)[C@H]2O)O[C@H](CO)[C@@H](O[C@@H]2O[C@H](CO)[C@@H](O)[C@H](O)[C@@H]2OO[C@H]2[C@H](O)[C@H](O)[C@@H](O)O[C@@H]2CO)[C@@H]1O. The van der Waals surface area contributed by atoms with Gasteiger partial charge in [0.05, 0.1) is 32.5 Å². The smallest absolute Gasteiger partial charge is 0.218 e.